The number of likely N-dealkylation sites (tertiary alicyclic amines) is 2. The molecule has 0 radical (unpaired) electrons. The van der Waals surface area contributed by atoms with E-state index in [9.17, 15) is 4.79 Å². The molecule has 2 aromatic rings. The molecule has 32 heavy (non-hydrogen) atoms. The van der Waals surface area contributed by atoms with Crippen LogP contribution in [0.15, 0.2) is 16.7 Å². The van der Waals surface area contributed by atoms with Gasteiger partial charge in [0.1, 0.15) is 0 Å². The summed E-state index contributed by atoms with van der Waals surface area (Å²) in [6.45, 7) is 4.10. The van der Waals surface area contributed by atoms with E-state index in [1.54, 1.807) is 27.4 Å². The van der Waals surface area contributed by atoms with Crippen molar-refractivity contribution >= 4 is 5.91 Å². The number of ether oxygens (including phenoxy) is 3. The van der Waals surface area contributed by atoms with Crippen molar-refractivity contribution in [1.82, 2.24) is 19.9 Å². The second kappa shape index (κ2) is 10.2. The van der Waals surface area contributed by atoms with Crippen molar-refractivity contribution in [2.45, 2.75) is 38.6 Å². The zero-order valence-corrected chi connectivity index (χ0v) is 19.1. The van der Waals surface area contributed by atoms with E-state index >= 15 is 0 Å². The Morgan fingerprint density at radius 3 is 2.38 bits per heavy atom. The molecule has 2 saturated heterocycles. The average molecular weight is 445 g/mol. The van der Waals surface area contributed by atoms with Gasteiger partial charge in [0.25, 0.3) is 0 Å². The number of nitrogens with zero attached hydrogens (tertiary/aromatic N) is 4. The highest BCUT2D eigenvalue weighted by molar-refractivity contribution is 5.79. The van der Waals surface area contributed by atoms with Gasteiger partial charge in [-0.1, -0.05) is 5.16 Å². The molecular formula is C23H32N4O5. The van der Waals surface area contributed by atoms with Gasteiger partial charge in [0, 0.05) is 19.0 Å². The van der Waals surface area contributed by atoms with Crippen LogP contribution in [-0.4, -0.2) is 73.4 Å². The lowest BCUT2D eigenvalue weighted by molar-refractivity contribution is -0.138. The molecule has 0 spiro atoms. The second-order valence-electron chi connectivity index (χ2n) is 8.33. The highest BCUT2D eigenvalue weighted by Crippen LogP contribution is 2.43. The van der Waals surface area contributed by atoms with Gasteiger partial charge in [-0.2, -0.15) is 4.98 Å². The summed E-state index contributed by atoms with van der Waals surface area (Å²) in [7, 11) is 4.70. The van der Waals surface area contributed by atoms with Gasteiger partial charge in [0.2, 0.25) is 23.4 Å². The molecule has 4 rings (SSSR count). The zero-order valence-electron chi connectivity index (χ0n) is 19.1. The predicted octanol–water partition coefficient (Wildman–Crippen LogP) is 2.99. The molecule has 9 nitrogen and oxygen atoms in total. The molecule has 2 aliphatic rings. The largest absolute Gasteiger partial charge is 0.493 e. The molecule has 3 heterocycles. The third-order valence-electron chi connectivity index (χ3n) is 6.38. The first-order valence-electron chi connectivity index (χ1n) is 11.3. The van der Waals surface area contributed by atoms with Gasteiger partial charge in [0.05, 0.1) is 33.4 Å². The minimum absolute atomic E-state index is 0.138. The lowest BCUT2D eigenvalue weighted by atomic mass is 9.94. The second-order valence-corrected chi connectivity index (χ2v) is 8.33. The van der Waals surface area contributed by atoms with Gasteiger partial charge < -0.3 is 23.6 Å². The minimum Gasteiger partial charge on any atom is -0.493 e. The Hall–Kier alpha value is -2.81. The zero-order chi connectivity index (χ0) is 22.5. The first-order valence-corrected chi connectivity index (χ1v) is 11.3. The van der Waals surface area contributed by atoms with E-state index in [1.165, 1.54) is 6.42 Å². The summed E-state index contributed by atoms with van der Waals surface area (Å²) >= 11 is 0. The Morgan fingerprint density at radius 1 is 1.00 bits per heavy atom. The summed E-state index contributed by atoms with van der Waals surface area (Å²) in [6, 6.07) is 3.61. The summed E-state index contributed by atoms with van der Waals surface area (Å²) in [5, 5.41) is 4.15. The van der Waals surface area contributed by atoms with Crippen molar-refractivity contribution in [2.24, 2.45) is 5.92 Å². The monoisotopic (exact) mass is 444 g/mol. The molecule has 2 aliphatic heterocycles. The van der Waals surface area contributed by atoms with Crippen molar-refractivity contribution in [3.05, 3.63) is 18.0 Å². The van der Waals surface area contributed by atoms with Crippen molar-refractivity contribution in [1.29, 1.82) is 0 Å². The lowest BCUT2D eigenvalue weighted by Gasteiger charge is -2.35. The molecular weight excluding hydrogens is 412 g/mol. The van der Waals surface area contributed by atoms with Gasteiger partial charge in [-0.3, -0.25) is 9.69 Å². The maximum Gasteiger partial charge on any atom is 0.241 e. The highest BCUT2D eigenvalue weighted by atomic mass is 16.5. The van der Waals surface area contributed by atoms with E-state index in [0.29, 0.717) is 47.0 Å². The topological polar surface area (TPSA) is 90.2 Å². The van der Waals surface area contributed by atoms with Crippen molar-refractivity contribution in [3.8, 4) is 28.6 Å². The number of rotatable bonds is 7. The molecule has 1 aromatic carbocycles. The van der Waals surface area contributed by atoms with Crippen molar-refractivity contribution in [3.63, 3.8) is 0 Å². The number of amides is 1. The Labute approximate surface area is 188 Å². The normalized spacial score (nSPS) is 17.9. The highest BCUT2D eigenvalue weighted by Gasteiger charge is 2.30. The summed E-state index contributed by atoms with van der Waals surface area (Å²) in [5.41, 5.74) is 0.672. The van der Waals surface area contributed by atoms with Crippen LogP contribution in [0.3, 0.4) is 0 Å². The SMILES string of the molecule is COc1ccc(-c2noc(CN3CCC(C(=O)N4CCCCC4)CC3)n2)c(OC)c1OC. The van der Waals surface area contributed by atoms with Crippen LogP contribution in [0.4, 0.5) is 0 Å². The fraction of sp³-hybridized carbons (Fsp3) is 0.609. The van der Waals surface area contributed by atoms with E-state index in [4.69, 9.17) is 18.7 Å². The fourth-order valence-corrected chi connectivity index (χ4v) is 4.61. The van der Waals surface area contributed by atoms with Crippen molar-refractivity contribution in [2.75, 3.05) is 47.5 Å². The minimum atomic E-state index is 0.138. The van der Waals surface area contributed by atoms with Crippen LogP contribution in [0.2, 0.25) is 0 Å². The Bertz CT molecular complexity index is 917. The van der Waals surface area contributed by atoms with Crippen LogP contribution >= 0.6 is 0 Å². The van der Waals surface area contributed by atoms with Crippen LogP contribution in [0.5, 0.6) is 17.2 Å². The van der Waals surface area contributed by atoms with Gasteiger partial charge in [-0.05, 0) is 57.3 Å². The third kappa shape index (κ3) is 4.67. The van der Waals surface area contributed by atoms with Crippen LogP contribution in [0.1, 0.15) is 38.0 Å². The van der Waals surface area contributed by atoms with Crippen LogP contribution in [0, 0.1) is 5.92 Å². The number of carbonyl (C=O) groups excluding carboxylic acids is 1. The number of aromatic nitrogens is 2. The summed E-state index contributed by atoms with van der Waals surface area (Å²) in [4.78, 5) is 21.7. The van der Waals surface area contributed by atoms with Crippen molar-refractivity contribution < 1.29 is 23.5 Å². The molecule has 1 amide bonds. The summed E-state index contributed by atoms with van der Waals surface area (Å²) in [5.74, 6) is 3.00. The Kier molecular flexibility index (Phi) is 7.14. The maximum atomic E-state index is 12.8. The molecule has 9 heteroatoms. The number of methoxy groups -OCH3 is 3. The van der Waals surface area contributed by atoms with Crippen LogP contribution in [0.25, 0.3) is 11.4 Å². The molecule has 0 N–H and O–H groups in total. The van der Waals surface area contributed by atoms with E-state index in [1.807, 2.05) is 6.07 Å². The summed E-state index contributed by atoms with van der Waals surface area (Å²) < 4.78 is 21.8. The predicted molar refractivity (Wildman–Crippen MR) is 118 cm³/mol. The molecule has 0 saturated carbocycles. The molecule has 2 fully saturated rings. The van der Waals surface area contributed by atoms with Crippen LogP contribution in [-0.2, 0) is 11.3 Å². The average Bonchev–Trinajstić information content (AvgIpc) is 3.31. The first kappa shape index (κ1) is 22.4. The molecule has 174 valence electrons. The molecule has 0 atom stereocenters. The number of hydrogen-bond donors (Lipinski definition) is 0. The third-order valence-corrected chi connectivity index (χ3v) is 6.38. The van der Waals surface area contributed by atoms with E-state index in [2.05, 4.69) is 19.9 Å². The molecule has 1 aromatic heterocycles. The quantitative estimate of drug-likeness (QED) is 0.644. The van der Waals surface area contributed by atoms with Crippen LogP contribution < -0.4 is 14.2 Å². The molecule has 0 unspecified atom stereocenters. The van der Waals surface area contributed by atoms with Gasteiger partial charge in [-0.25, -0.2) is 0 Å². The summed E-state index contributed by atoms with van der Waals surface area (Å²) in [6.07, 6.45) is 5.26. The fourth-order valence-electron chi connectivity index (χ4n) is 4.61. The van der Waals surface area contributed by atoms with Gasteiger partial charge >= 0.3 is 0 Å². The number of benzene rings is 1. The number of piperidine rings is 2. The maximum absolute atomic E-state index is 12.8. The number of hydrogen-bond acceptors (Lipinski definition) is 8. The lowest BCUT2D eigenvalue weighted by Crippen LogP contribution is -2.44. The molecule has 0 bridgehead atoms. The first-order chi connectivity index (χ1) is 15.6. The van der Waals surface area contributed by atoms with E-state index < -0.39 is 0 Å². The Morgan fingerprint density at radius 2 is 1.72 bits per heavy atom. The van der Waals surface area contributed by atoms with Gasteiger partial charge in [0.15, 0.2) is 11.5 Å². The van der Waals surface area contributed by atoms with E-state index in [0.717, 1.165) is 51.9 Å². The standard InChI is InChI=1S/C23H32N4O5/c1-29-18-8-7-17(20(30-2)21(18)31-3)22-24-19(32-25-22)15-26-13-9-16(10-14-26)23(28)27-11-5-4-6-12-27/h7-8,16H,4-6,9-15H2,1-3H3. The van der Waals surface area contributed by atoms with E-state index in [-0.39, 0.29) is 5.92 Å². The smallest absolute Gasteiger partial charge is 0.241 e. The molecule has 0 aliphatic carbocycles. The van der Waals surface area contributed by atoms with Gasteiger partial charge in [-0.15, -0.1) is 0 Å². The number of carbonyl (C=O) groups is 1. The Balaban J connectivity index is 1.38.